The lowest BCUT2D eigenvalue weighted by Gasteiger charge is -2.28. The largest absolute Gasteiger partial charge is 0.361 e. The SMILES string of the molecule is CCc1cc(NC=C2C(=O)CC(C)(C)CC2=O)ccc1F. The Morgan fingerprint density at radius 2 is 1.86 bits per heavy atom. The number of ketones is 2. The summed E-state index contributed by atoms with van der Waals surface area (Å²) < 4.78 is 13.4. The summed E-state index contributed by atoms with van der Waals surface area (Å²) in [5.74, 6) is -0.523. The van der Waals surface area contributed by atoms with E-state index in [1.54, 1.807) is 12.1 Å². The van der Waals surface area contributed by atoms with Crippen LogP contribution in [-0.4, -0.2) is 11.6 Å². The van der Waals surface area contributed by atoms with E-state index >= 15 is 0 Å². The van der Waals surface area contributed by atoms with Crippen LogP contribution in [0.5, 0.6) is 0 Å². The van der Waals surface area contributed by atoms with Crippen LogP contribution in [0.25, 0.3) is 0 Å². The molecule has 0 radical (unpaired) electrons. The number of nitrogens with one attached hydrogen (secondary N) is 1. The Morgan fingerprint density at radius 1 is 1.24 bits per heavy atom. The second-order valence-corrected chi connectivity index (χ2v) is 6.23. The van der Waals surface area contributed by atoms with Crippen molar-refractivity contribution in [2.45, 2.75) is 40.0 Å². The molecular formula is C17H20FNO2. The number of anilines is 1. The molecule has 112 valence electrons. The lowest BCUT2D eigenvalue weighted by molar-refractivity contribution is -0.127. The summed E-state index contributed by atoms with van der Waals surface area (Å²) in [7, 11) is 0. The van der Waals surface area contributed by atoms with Crippen molar-refractivity contribution in [2.24, 2.45) is 5.41 Å². The highest BCUT2D eigenvalue weighted by Gasteiger charge is 2.35. The molecule has 1 N–H and O–H groups in total. The summed E-state index contributed by atoms with van der Waals surface area (Å²) in [6.07, 6.45) is 2.78. The van der Waals surface area contributed by atoms with Crippen LogP contribution in [0.15, 0.2) is 30.0 Å². The third-order valence-corrected chi connectivity index (χ3v) is 3.69. The Hall–Kier alpha value is -1.97. The monoisotopic (exact) mass is 289 g/mol. The first-order valence-corrected chi connectivity index (χ1v) is 7.14. The van der Waals surface area contributed by atoms with Crippen LogP contribution in [0.3, 0.4) is 0 Å². The molecule has 21 heavy (non-hydrogen) atoms. The molecule has 0 bridgehead atoms. The van der Waals surface area contributed by atoms with Gasteiger partial charge in [0.05, 0.1) is 5.57 Å². The minimum Gasteiger partial charge on any atom is -0.361 e. The zero-order valence-corrected chi connectivity index (χ0v) is 12.6. The molecule has 0 spiro atoms. The molecule has 0 amide bonds. The van der Waals surface area contributed by atoms with Crippen molar-refractivity contribution in [3.8, 4) is 0 Å². The zero-order chi connectivity index (χ0) is 15.6. The fraction of sp³-hybridized carbons (Fsp3) is 0.412. The van der Waals surface area contributed by atoms with Gasteiger partial charge in [0.15, 0.2) is 11.6 Å². The number of hydrogen-bond donors (Lipinski definition) is 1. The molecule has 0 unspecified atom stereocenters. The standard InChI is InChI=1S/C17H20FNO2/c1-4-11-7-12(5-6-14(11)18)19-10-13-15(20)8-17(2,3)9-16(13)21/h5-7,10,19H,4,8-9H2,1-3H3. The first-order chi connectivity index (χ1) is 9.82. The number of allylic oxidation sites excluding steroid dienone is 1. The molecule has 1 aliphatic carbocycles. The van der Waals surface area contributed by atoms with Crippen molar-refractivity contribution in [2.75, 3.05) is 5.32 Å². The minimum absolute atomic E-state index is 0.137. The lowest BCUT2D eigenvalue weighted by Crippen LogP contribution is -2.31. The molecule has 1 aromatic carbocycles. The maximum Gasteiger partial charge on any atom is 0.168 e. The third kappa shape index (κ3) is 3.57. The highest BCUT2D eigenvalue weighted by atomic mass is 19.1. The summed E-state index contributed by atoms with van der Waals surface area (Å²) in [5, 5.41) is 2.93. The number of carbonyl (C=O) groups excluding carboxylic acids is 2. The second kappa shape index (κ2) is 5.80. The van der Waals surface area contributed by atoms with Gasteiger partial charge in [0, 0.05) is 24.7 Å². The second-order valence-electron chi connectivity index (χ2n) is 6.23. The number of carbonyl (C=O) groups is 2. The van der Waals surface area contributed by atoms with Crippen molar-refractivity contribution in [3.05, 3.63) is 41.4 Å². The highest BCUT2D eigenvalue weighted by molar-refractivity contribution is 6.22. The van der Waals surface area contributed by atoms with E-state index in [0.29, 0.717) is 30.5 Å². The molecule has 1 aromatic rings. The zero-order valence-electron chi connectivity index (χ0n) is 12.6. The van der Waals surface area contributed by atoms with Gasteiger partial charge < -0.3 is 5.32 Å². The maximum atomic E-state index is 13.4. The van der Waals surface area contributed by atoms with Crippen LogP contribution in [0, 0.1) is 11.2 Å². The Morgan fingerprint density at radius 3 is 2.43 bits per heavy atom. The van der Waals surface area contributed by atoms with E-state index in [2.05, 4.69) is 5.32 Å². The van der Waals surface area contributed by atoms with Crippen molar-refractivity contribution >= 4 is 17.3 Å². The van der Waals surface area contributed by atoms with Gasteiger partial charge in [-0.25, -0.2) is 4.39 Å². The molecule has 0 aromatic heterocycles. The summed E-state index contributed by atoms with van der Waals surface area (Å²) >= 11 is 0. The molecule has 0 aliphatic heterocycles. The van der Waals surface area contributed by atoms with Crippen molar-refractivity contribution in [1.29, 1.82) is 0 Å². The molecule has 3 nitrogen and oxygen atoms in total. The van der Waals surface area contributed by atoms with E-state index in [9.17, 15) is 14.0 Å². The van der Waals surface area contributed by atoms with Crippen LogP contribution < -0.4 is 5.32 Å². The van der Waals surface area contributed by atoms with Crippen LogP contribution in [0.1, 0.15) is 39.2 Å². The highest BCUT2D eigenvalue weighted by Crippen LogP contribution is 2.33. The first-order valence-electron chi connectivity index (χ1n) is 7.14. The predicted molar refractivity (Wildman–Crippen MR) is 80.5 cm³/mol. The molecule has 0 atom stereocenters. The van der Waals surface area contributed by atoms with Crippen LogP contribution in [0.4, 0.5) is 10.1 Å². The van der Waals surface area contributed by atoms with Gasteiger partial charge in [0.25, 0.3) is 0 Å². The lowest BCUT2D eigenvalue weighted by atomic mass is 9.74. The van der Waals surface area contributed by atoms with Gasteiger partial charge in [-0.1, -0.05) is 20.8 Å². The van der Waals surface area contributed by atoms with Gasteiger partial charge in [0.1, 0.15) is 5.82 Å². The van der Waals surface area contributed by atoms with Gasteiger partial charge >= 0.3 is 0 Å². The number of benzene rings is 1. The van der Waals surface area contributed by atoms with E-state index in [4.69, 9.17) is 0 Å². The summed E-state index contributed by atoms with van der Waals surface area (Å²) in [6, 6.07) is 4.66. The number of rotatable bonds is 3. The molecule has 0 saturated heterocycles. The smallest absolute Gasteiger partial charge is 0.168 e. The van der Waals surface area contributed by atoms with Crippen molar-refractivity contribution in [3.63, 3.8) is 0 Å². The fourth-order valence-electron chi connectivity index (χ4n) is 2.53. The molecular weight excluding hydrogens is 269 g/mol. The Kier molecular flexibility index (Phi) is 4.26. The third-order valence-electron chi connectivity index (χ3n) is 3.69. The quantitative estimate of drug-likeness (QED) is 0.682. The molecule has 1 fully saturated rings. The Balaban J connectivity index is 2.17. The summed E-state index contributed by atoms with van der Waals surface area (Å²) in [4.78, 5) is 24.1. The van der Waals surface area contributed by atoms with E-state index in [1.807, 2.05) is 20.8 Å². The van der Waals surface area contributed by atoms with Gasteiger partial charge in [-0.15, -0.1) is 0 Å². The molecule has 0 heterocycles. The van der Waals surface area contributed by atoms with E-state index in [1.165, 1.54) is 12.3 Å². The molecule has 1 saturated carbocycles. The molecule has 2 rings (SSSR count). The van der Waals surface area contributed by atoms with E-state index < -0.39 is 0 Å². The van der Waals surface area contributed by atoms with Crippen LogP contribution in [0.2, 0.25) is 0 Å². The Bertz CT molecular complexity index is 595. The van der Waals surface area contributed by atoms with E-state index in [-0.39, 0.29) is 28.4 Å². The van der Waals surface area contributed by atoms with Crippen LogP contribution >= 0.6 is 0 Å². The maximum absolute atomic E-state index is 13.4. The van der Waals surface area contributed by atoms with Crippen molar-refractivity contribution < 1.29 is 14.0 Å². The summed E-state index contributed by atoms with van der Waals surface area (Å²) in [6.45, 7) is 5.71. The van der Waals surface area contributed by atoms with Gasteiger partial charge in [-0.05, 0) is 35.6 Å². The fourth-order valence-corrected chi connectivity index (χ4v) is 2.53. The normalized spacial score (nSPS) is 17.8. The van der Waals surface area contributed by atoms with Crippen molar-refractivity contribution in [1.82, 2.24) is 0 Å². The number of hydrogen-bond acceptors (Lipinski definition) is 3. The number of halogens is 1. The minimum atomic E-state index is -0.267. The average molecular weight is 289 g/mol. The van der Waals surface area contributed by atoms with E-state index in [0.717, 1.165) is 0 Å². The van der Waals surface area contributed by atoms with Gasteiger partial charge in [0.2, 0.25) is 0 Å². The Labute approximate surface area is 124 Å². The summed E-state index contributed by atoms with van der Waals surface area (Å²) in [5.41, 5.74) is 1.21. The molecule has 1 aliphatic rings. The molecule has 4 heteroatoms. The van der Waals surface area contributed by atoms with Gasteiger partial charge in [-0.3, -0.25) is 9.59 Å². The topological polar surface area (TPSA) is 46.2 Å². The average Bonchev–Trinajstić information content (AvgIpc) is 2.38. The number of Topliss-reactive ketones (excluding diaryl/α,β-unsaturated/α-hetero) is 2. The first kappa shape index (κ1) is 15.4. The van der Waals surface area contributed by atoms with Crippen LogP contribution in [-0.2, 0) is 16.0 Å². The van der Waals surface area contributed by atoms with Gasteiger partial charge in [-0.2, -0.15) is 0 Å². The number of aryl methyl sites for hydroxylation is 1. The predicted octanol–water partition coefficient (Wildman–Crippen LogP) is 3.64.